The van der Waals surface area contributed by atoms with Crippen LogP contribution in [0.1, 0.15) is 27.7 Å². The van der Waals surface area contributed by atoms with E-state index in [0.717, 1.165) is 17.2 Å². The van der Waals surface area contributed by atoms with E-state index >= 15 is 0 Å². The second-order valence-corrected chi connectivity index (χ2v) is 4.09. The molecule has 0 saturated carbocycles. The fourth-order valence-electron chi connectivity index (χ4n) is 1.70. The van der Waals surface area contributed by atoms with Gasteiger partial charge in [0.25, 0.3) is 0 Å². The van der Waals surface area contributed by atoms with Gasteiger partial charge in [-0.15, -0.1) is 0 Å². The molecule has 0 saturated heterocycles. The third-order valence-corrected chi connectivity index (χ3v) is 2.61. The Morgan fingerprint density at radius 1 is 1.37 bits per heavy atom. The van der Waals surface area contributed by atoms with Crippen LogP contribution in [0.15, 0.2) is 24.4 Å². The van der Waals surface area contributed by atoms with Crippen molar-refractivity contribution in [2.75, 3.05) is 7.11 Å². The molecule has 0 spiro atoms. The predicted molar refractivity (Wildman–Crippen MR) is 69.4 cm³/mol. The first-order valence-corrected chi connectivity index (χ1v) is 5.94. The zero-order chi connectivity index (χ0) is 13.7. The lowest BCUT2D eigenvalue weighted by Gasteiger charge is -2.03. The van der Waals surface area contributed by atoms with Crippen LogP contribution in [0.4, 0.5) is 0 Å². The average molecular weight is 260 g/mol. The molecule has 6 heteroatoms. The highest BCUT2D eigenvalue weighted by Crippen LogP contribution is 2.03. The number of H-pyrrole nitrogens is 1. The molecule has 19 heavy (non-hydrogen) atoms. The van der Waals surface area contributed by atoms with Crippen molar-refractivity contribution in [3.63, 3.8) is 0 Å². The summed E-state index contributed by atoms with van der Waals surface area (Å²) in [4.78, 5) is 22.6. The molecule has 0 radical (unpaired) electrons. The third kappa shape index (κ3) is 3.62. The maximum atomic E-state index is 11.3. The minimum absolute atomic E-state index is 0.363. The van der Waals surface area contributed by atoms with Gasteiger partial charge >= 0.3 is 5.97 Å². The highest BCUT2D eigenvalue weighted by Gasteiger charge is 2.07. The molecule has 2 rings (SSSR count). The van der Waals surface area contributed by atoms with Gasteiger partial charge < -0.3 is 15.0 Å². The van der Waals surface area contributed by atoms with Crippen LogP contribution in [0.3, 0.4) is 0 Å². The van der Waals surface area contributed by atoms with Crippen molar-refractivity contribution in [3.05, 3.63) is 47.3 Å². The Morgan fingerprint density at radius 2 is 2.21 bits per heavy atom. The molecule has 0 unspecified atom stereocenters. The van der Waals surface area contributed by atoms with E-state index in [1.54, 1.807) is 12.3 Å². The van der Waals surface area contributed by atoms with Gasteiger partial charge in [0.15, 0.2) is 0 Å². The van der Waals surface area contributed by atoms with Crippen LogP contribution in [-0.4, -0.2) is 28.0 Å². The van der Waals surface area contributed by atoms with Crippen LogP contribution in [0.5, 0.6) is 0 Å². The highest BCUT2D eigenvalue weighted by molar-refractivity contribution is 5.87. The second kappa shape index (κ2) is 6.10. The lowest BCUT2D eigenvalue weighted by atomic mass is 10.3. The molecule has 0 amide bonds. The first-order chi connectivity index (χ1) is 9.19. The standard InChI is InChI=1S/C13H16N4O2/c1-9-15-6-5-11(16-9)8-14-7-10-3-4-12(17-10)13(18)19-2/h3-6,14,17H,7-8H2,1-2H3. The van der Waals surface area contributed by atoms with Crippen molar-refractivity contribution in [2.24, 2.45) is 0 Å². The molecule has 2 heterocycles. The lowest BCUT2D eigenvalue weighted by molar-refractivity contribution is 0.0594. The van der Waals surface area contributed by atoms with Gasteiger partial charge in [-0.05, 0) is 25.1 Å². The number of nitrogens with one attached hydrogen (secondary N) is 2. The number of hydrogen-bond acceptors (Lipinski definition) is 5. The Hall–Kier alpha value is -2.21. The average Bonchev–Trinajstić information content (AvgIpc) is 2.87. The van der Waals surface area contributed by atoms with Gasteiger partial charge in [-0.2, -0.15) is 0 Å². The molecule has 2 N–H and O–H groups in total. The van der Waals surface area contributed by atoms with E-state index in [9.17, 15) is 4.79 Å². The van der Waals surface area contributed by atoms with Crippen LogP contribution in [0.2, 0.25) is 0 Å². The number of ether oxygens (including phenoxy) is 1. The summed E-state index contributed by atoms with van der Waals surface area (Å²) in [7, 11) is 1.36. The zero-order valence-corrected chi connectivity index (χ0v) is 10.9. The van der Waals surface area contributed by atoms with Crippen molar-refractivity contribution in [3.8, 4) is 0 Å². The molecule has 100 valence electrons. The third-order valence-electron chi connectivity index (χ3n) is 2.61. The molecule has 6 nitrogen and oxygen atoms in total. The fraction of sp³-hybridized carbons (Fsp3) is 0.308. The van der Waals surface area contributed by atoms with Gasteiger partial charge in [0, 0.05) is 25.0 Å². The lowest BCUT2D eigenvalue weighted by Crippen LogP contribution is -2.14. The number of carbonyl (C=O) groups is 1. The summed E-state index contributed by atoms with van der Waals surface area (Å²) < 4.78 is 4.63. The van der Waals surface area contributed by atoms with Crippen LogP contribution >= 0.6 is 0 Å². The first kappa shape index (κ1) is 13.2. The van der Waals surface area contributed by atoms with Gasteiger partial charge in [0.1, 0.15) is 11.5 Å². The molecular weight excluding hydrogens is 244 g/mol. The van der Waals surface area contributed by atoms with E-state index in [2.05, 4.69) is 25.0 Å². The summed E-state index contributed by atoms with van der Waals surface area (Å²) in [5, 5.41) is 3.24. The van der Waals surface area contributed by atoms with Crippen molar-refractivity contribution in [1.29, 1.82) is 0 Å². The molecule has 2 aromatic rings. The van der Waals surface area contributed by atoms with E-state index < -0.39 is 0 Å². The molecule has 0 aliphatic carbocycles. The van der Waals surface area contributed by atoms with Crippen molar-refractivity contribution >= 4 is 5.97 Å². The number of aromatic amines is 1. The van der Waals surface area contributed by atoms with Gasteiger partial charge in [-0.1, -0.05) is 0 Å². The summed E-state index contributed by atoms with van der Waals surface area (Å²) >= 11 is 0. The van der Waals surface area contributed by atoms with E-state index in [4.69, 9.17) is 0 Å². The smallest absolute Gasteiger partial charge is 0.354 e. The number of carbonyl (C=O) groups excluding carboxylic acids is 1. The number of methoxy groups -OCH3 is 1. The maximum absolute atomic E-state index is 11.3. The first-order valence-electron chi connectivity index (χ1n) is 5.94. The Morgan fingerprint density at radius 3 is 2.95 bits per heavy atom. The number of rotatable bonds is 5. The fourth-order valence-corrected chi connectivity index (χ4v) is 1.70. The van der Waals surface area contributed by atoms with Crippen LogP contribution in [-0.2, 0) is 17.8 Å². The molecular formula is C13H16N4O2. The maximum Gasteiger partial charge on any atom is 0.354 e. The Bertz CT molecular complexity index is 565. The normalized spacial score (nSPS) is 10.4. The Labute approximate surface area is 111 Å². The van der Waals surface area contributed by atoms with Crippen molar-refractivity contribution < 1.29 is 9.53 Å². The summed E-state index contributed by atoms with van der Waals surface area (Å²) in [6.07, 6.45) is 1.74. The van der Waals surface area contributed by atoms with Gasteiger partial charge in [0.2, 0.25) is 0 Å². The van der Waals surface area contributed by atoms with Crippen molar-refractivity contribution in [1.82, 2.24) is 20.3 Å². The number of hydrogen-bond donors (Lipinski definition) is 2. The topological polar surface area (TPSA) is 79.9 Å². The summed E-state index contributed by atoms with van der Waals surface area (Å²) in [5.41, 5.74) is 2.32. The van der Waals surface area contributed by atoms with Crippen LogP contribution in [0.25, 0.3) is 0 Å². The number of nitrogens with zero attached hydrogens (tertiary/aromatic N) is 2. The molecule has 0 aliphatic rings. The van der Waals surface area contributed by atoms with Crippen LogP contribution < -0.4 is 5.32 Å². The summed E-state index contributed by atoms with van der Waals surface area (Å²) in [5.74, 6) is 0.393. The SMILES string of the molecule is COC(=O)c1ccc(CNCc2ccnc(C)n2)[nH]1. The Balaban J connectivity index is 1.86. The quantitative estimate of drug-likeness (QED) is 0.789. The summed E-state index contributed by atoms with van der Waals surface area (Å²) in [6, 6.07) is 5.43. The molecule has 2 aromatic heterocycles. The number of esters is 1. The second-order valence-electron chi connectivity index (χ2n) is 4.09. The van der Waals surface area contributed by atoms with E-state index in [-0.39, 0.29) is 5.97 Å². The highest BCUT2D eigenvalue weighted by atomic mass is 16.5. The van der Waals surface area contributed by atoms with E-state index in [0.29, 0.717) is 18.8 Å². The number of aryl methyl sites for hydroxylation is 1. The van der Waals surface area contributed by atoms with Gasteiger partial charge in [-0.3, -0.25) is 0 Å². The summed E-state index contributed by atoms with van der Waals surface area (Å²) in [6.45, 7) is 3.13. The number of aromatic nitrogens is 3. The minimum Gasteiger partial charge on any atom is -0.464 e. The Kier molecular flexibility index (Phi) is 4.25. The van der Waals surface area contributed by atoms with Crippen LogP contribution in [0, 0.1) is 6.92 Å². The van der Waals surface area contributed by atoms with Gasteiger partial charge in [0.05, 0.1) is 12.8 Å². The molecule has 0 atom stereocenters. The van der Waals surface area contributed by atoms with Gasteiger partial charge in [-0.25, -0.2) is 14.8 Å². The zero-order valence-electron chi connectivity index (χ0n) is 10.9. The molecule has 0 aliphatic heterocycles. The monoisotopic (exact) mass is 260 g/mol. The largest absolute Gasteiger partial charge is 0.464 e. The predicted octanol–water partition coefficient (Wildman–Crippen LogP) is 1.19. The minimum atomic E-state index is -0.363. The van der Waals surface area contributed by atoms with E-state index in [1.807, 2.05) is 19.1 Å². The van der Waals surface area contributed by atoms with E-state index in [1.165, 1.54) is 7.11 Å². The van der Waals surface area contributed by atoms with Crippen molar-refractivity contribution in [2.45, 2.75) is 20.0 Å². The molecule has 0 bridgehead atoms. The molecule has 0 aromatic carbocycles. The molecule has 0 fully saturated rings.